The predicted molar refractivity (Wildman–Crippen MR) is 49.6 cm³/mol. The van der Waals surface area contributed by atoms with Gasteiger partial charge in [-0.1, -0.05) is 6.92 Å². The minimum absolute atomic E-state index is 0.0206. The second-order valence-electron chi connectivity index (χ2n) is 3.68. The Bertz CT molecular complexity index is 334. The molecule has 1 aliphatic heterocycles. The molecule has 1 fully saturated rings. The molecule has 0 radical (unpaired) electrons. The third kappa shape index (κ3) is 1.90. The van der Waals surface area contributed by atoms with Crippen molar-refractivity contribution in [3.8, 4) is 0 Å². The van der Waals surface area contributed by atoms with Crippen LogP contribution in [-0.4, -0.2) is 41.7 Å². The number of aliphatic carboxylic acids is 1. The number of sulfone groups is 1. The number of aliphatic hydroxyl groups is 1. The SMILES string of the molecule is CCC(O)(C(=O)O)C1CCS(=O)(=O)C1. The van der Waals surface area contributed by atoms with Gasteiger partial charge in [0.1, 0.15) is 0 Å². The zero-order valence-corrected chi connectivity index (χ0v) is 8.75. The Kier molecular flexibility index (Phi) is 2.87. The average molecular weight is 222 g/mol. The van der Waals surface area contributed by atoms with E-state index in [1.165, 1.54) is 0 Å². The first kappa shape index (κ1) is 11.5. The maximum absolute atomic E-state index is 11.1. The molecule has 0 amide bonds. The molecule has 82 valence electrons. The molecule has 1 saturated heterocycles. The summed E-state index contributed by atoms with van der Waals surface area (Å²) in [4.78, 5) is 10.8. The Morgan fingerprint density at radius 1 is 1.57 bits per heavy atom. The minimum atomic E-state index is -3.15. The number of carbonyl (C=O) groups is 1. The van der Waals surface area contributed by atoms with Crippen molar-refractivity contribution in [1.82, 2.24) is 0 Å². The van der Waals surface area contributed by atoms with Crippen molar-refractivity contribution >= 4 is 15.8 Å². The average Bonchev–Trinajstić information content (AvgIpc) is 2.44. The molecule has 0 aromatic rings. The molecule has 14 heavy (non-hydrogen) atoms. The van der Waals surface area contributed by atoms with E-state index in [0.29, 0.717) is 0 Å². The summed E-state index contributed by atoms with van der Waals surface area (Å²) in [6, 6.07) is 0. The van der Waals surface area contributed by atoms with Crippen molar-refractivity contribution in [1.29, 1.82) is 0 Å². The van der Waals surface area contributed by atoms with E-state index in [9.17, 15) is 18.3 Å². The second-order valence-corrected chi connectivity index (χ2v) is 5.91. The molecule has 0 aliphatic carbocycles. The second kappa shape index (κ2) is 3.51. The van der Waals surface area contributed by atoms with E-state index in [2.05, 4.69) is 0 Å². The van der Waals surface area contributed by atoms with Gasteiger partial charge in [0.05, 0.1) is 11.5 Å². The Morgan fingerprint density at radius 2 is 2.14 bits per heavy atom. The third-order valence-corrected chi connectivity index (χ3v) is 4.59. The lowest BCUT2D eigenvalue weighted by atomic mass is 9.85. The van der Waals surface area contributed by atoms with Gasteiger partial charge in [0, 0.05) is 5.92 Å². The fraction of sp³-hybridized carbons (Fsp3) is 0.875. The highest BCUT2D eigenvalue weighted by Gasteiger charge is 2.47. The van der Waals surface area contributed by atoms with Gasteiger partial charge in [-0.15, -0.1) is 0 Å². The molecule has 1 aliphatic rings. The van der Waals surface area contributed by atoms with Crippen LogP contribution >= 0.6 is 0 Å². The summed E-state index contributed by atoms with van der Waals surface area (Å²) in [5.74, 6) is -2.24. The number of rotatable bonds is 3. The summed E-state index contributed by atoms with van der Waals surface area (Å²) < 4.78 is 22.2. The molecule has 0 spiro atoms. The van der Waals surface area contributed by atoms with Gasteiger partial charge in [0.2, 0.25) is 0 Å². The highest BCUT2D eigenvalue weighted by molar-refractivity contribution is 7.91. The fourth-order valence-corrected chi connectivity index (χ4v) is 3.65. The highest BCUT2D eigenvalue weighted by Crippen LogP contribution is 2.31. The van der Waals surface area contributed by atoms with Crippen LogP contribution in [0.2, 0.25) is 0 Å². The fourth-order valence-electron chi connectivity index (χ4n) is 1.79. The summed E-state index contributed by atoms with van der Waals surface area (Å²) >= 11 is 0. The van der Waals surface area contributed by atoms with E-state index < -0.39 is 27.3 Å². The molecule has 6 heteroatoms. The Hall–Kier alpha value is -0.620. The monoisotopic (exact) mass is 222 g/mol. The number of carboxylic acids is 1. The summed E-state index contributed by atoms with van der Waals surface area (Å²) in [5.41, 5.74) is -1.89. The van der Waals surface area contributed by atoms with Crippen molar-refractivity contribution in [3.63, 3.8) is 0 Å². The van der Waals surface area contributed by atoms with Crippen molar-refractivity contribution in [2.75, 3.05) is 11.5 Å². The van der Waals surface area contributed by atoms with Crippen LogP contribution in [0.5, 0.6) is 0 Å². The van der Waals surface area contributed by atoms with Gasteiger partial charge in [0.15, 0.2) is 15.4 Å². The van der Waals surface area contributed by atoms with Gasteiger partial charge in [0.25, 0.3) is 0 Å². The van der Waals surface area contributed by atoms with Crippen LogP contribution in [0.15, 0.2) is 0 Å². The van der Waals surface area contributed by atoms with E-state index in [1.807, 2.05) is 0 Å². The van der Waals surface area contributed by atoms with Gasteiger partial charge in [-0.05, 0) is 12.8 Å². The maximum atomic E-state index is 11.1. The molecule has 2 N–H and O–H groups in total. The van der Waals surface area contributed by atoms with Crippen LogP contribution in [0, 0.1) is 5.92 Å². The molecule has 2 atom stereocenters. The van der Waals surface area contributed by atoms with Gasteiger partial charge < -0.3 is 10.2 Å². The quantitative estimate of drug-likeness (QED) is 0.680. The topological polar surface area (TPSA) is 91.7 Å². The first-order valence-corrected chi connectivity index (χ1v) is 6.30. The highest BCUT2D eigenvalue weighted by atomic mass is 32.2. The van der Waals surface area contributed by atoms with Crippen LogP contribution in [-0.2, 0) is 14.6 Å². The van der Waals surface area contributed by atoms with Crippen LogP contribution in [0.1, 0.15) is 19.8 Å². The van der Waals surface area contributed by atoms with Gasteiger partial charge >= 0.3 is 5.97 Å². The van der Waals surface area contributed by atoms with Crippen LogP contribution in [0.4, 0.5) is 0 Å². The van der Waals surface area contributed by atoms with Crippen LogP contribution < -0.4 is 0 Å². The standard InChI is InChI=1S/C8H14O5S/c1-2-8(11,7(9)10)6-3-4-14(12,13)5-6/h6,11H,2-5H2,1H3,(H,9,10). The first-order valence-electron chi connectivity index (χ1n) is 4.48. The summed E-state index contributed by atoms with van der Waals surface area (Å²) in [6.07, 6.45) is 0.265. The molecule has 1 heterocycles. The summed E-state index contributed by atoms with van der Waals surface area (Å²) in [7, 11) is -3.15. The van der Waals surface area contributed by atoms with Crippen LogP contribution in [0.25, 0.3) is 0 Å². The van der Waals surface area contributed by atoms with Gasteiger partial charge in [-0.2, -0.15) is 0 Å². The van der Waals surface area contributed by atoms with Crippen molar-refractivity contribution in [2.24, 2.45) is 5.92 Å². The zero-order valence-electron chi connectivity index (χ0n) is 7.93. The molecule has 5 nitrogen and oxygen atoms in total. The van der Waals surface area contributed by atoms with Gasteiger partial charge in [-0.25, -0.2) is 13.2 Å². The van der Waals surface area contributed by atoms with Crippen molar-refractivity contribution in [3.05, 3.63) is 0 Å². The Labute approximate surface area is 82.7 Å². The summed E-state index contributed by atoms with van der Waals surface area (Å²) in [5, 5.41) is 18.6. The first-order chi connectivity index (χ1) is 6.32. The molecule has 2 unspecified atom stereocenters. The Morgan fingerprint density at radius 3 is 2.43 bits per heavy atom. The Balaban J connectivity index is 2.89. The lowest BCUT2D eigenvalue weighted by molar-refractivity contribution is -0.164. The van der Waals surface area contributed by atoms with Crippen LogP contribution in [0.3, 0.4) is 0 Å². The van der Waals surface area contributed by atoms with Gasteiger partial charge in [-0.3, -0.25) is 0 Å². The minimum Gasteiger partial charge on any atom is -0.479 e. The van der Waals surface area contributed by atoms with E-state index in [4.69, 9.17) is 5.11 Å². The molecule has 0 aromatic heterocycles. The van der Waals surface area contributed by atoms with E-state index >= 15 is 0 Å². The molecular formula is C8H14O5S. The molecular weight excluding hydrogens is 208 g/mol. The normalized spacial score (nSPS) is 29.7. The summed E-state index contributed by atoms with van der Waals surface area (Å²) in [6.45, 7) is 1.54. The number of hydrogen-bond acceptors (Lipinski definition) is 4. The third-order valence-electron chi connectivity index (χ3n) is 2.82. The number of hydrogen-bond donors (Lipinski definition) is 2. The molecule has 0 aromatic carbocycles. The van der Waals surface area contributed by atoms with Crippen molar-refractivity contribution < 1.29 is 23.4 Å². The van der Waals surface area contributed by atoms with Crippen molar-refractivity contribution in [2.45, 2.75) is 25.4 Å². The smallest absolute Gasteiger partial charge is 0.335 e. The van der Waals surface area contributed by atoms with E-state index in [-0.39, 0.29) is 24.3 Å². The largest absolute Gasteiger partial charge is 0.479 e. The lowest BCUT2D eigenvalue weighted by Gasteiger charge is -2.27. The number of carboxylic acid groups (broad SMARTS) is 1. The zero-order chi connectivity index (χ0) is 11.0. The molecule has 0 saturated carbocycles. The maximum Gasteiger partial charge on any atom is 0.335 e. The molecule has 0 bridgehead atoms. The predicted octanol–water partition coefficient (Wildman–Crippen LogP) is -0.353. The lowest BCUT2D eigenvalue weighted by Crippen LogP contribution is -2.45. The van der Waals surface area contributed by atoms with E-state index in [1.54, 1.807) is 6.92 Å². The van der Waals surface area contributed by atoms with E-state index in [0.717, 1.165) is 0 Å². The molecule has 1 rings (SSSR count).